The first-order valence-corrected chi connectivity index (χ1v) is 7.82. The van der Waals surface area contributed by atoms with Gasteiger partial charge in [-0.15, -0.1) is 0 Å². The van der Waals surface area contributed by atoms with Crippen LogP contribution in [0.1, 0.15) is 33.6 Å². The number of anilines is 1. The summed E-state index contributed by atoms with van der Waals surface area (Å²) in [6.07, 6.45) is 0.386. The Kier molecular flexibility index (Phi) is 4.96. The minimum Gasteiger partial charge on any atom is -0.465 e. The number of amides is 1. The van der Waals surface area contributed by atoms with E-state index in [1.54, 1.807) is 4.90 Å². The van der Waals surface area contributed by atoms with Crippen molar-refractivity contribution in [1.29, 1.82) is 0 Å². The minimum atomic E-state index is -1.01. The lowest BCUT2D eigenvalue weighted by atomic mass is 9.97. The summed E-state index contributed by atoms with van der Waals surface area (Å²) in [5, 5.41) is 20.8. The molecule has 1 atom stereocenters. The Hall–Kier alpha value is -2.38. The van der Waals surface area contributed by atoms with E-state index in [1.807, 2.05) is 20.8 Å². The lowest BCUT2D eigenvalue weighted by molar-refractivity contribution is -0.384. The van der Waals surface area contributed by atoms with Crippen molar-refractivity contribution in [3.63, 3.8) is 0 Å². The van der Waals surface area contributed by atoms with Gasteiger partial charge in [-0.2, -0.15) is 0 Å². The van der Waals surface area contributed by atoms with Gasteiger partial charge in [0.25, 0.3) is 5.69 Å². The zero-order chi connectivity index (χ0) is 18.1. The normalized spacial score (nSPS) is 18.3. The number of carboxylic acid groups (broad SMARTS) is 1. The van der Waals surface area contributed by atoms with Gasteiger partial charge in [0.2, 0.25) is 0 Å². The maximum Gasteiger partial charge on any atom is 0.408 e. The Morgan fingerprint density at radius 3 is 2.67 bits per heavy atom. The number of rotatable bonds is 3. The molecule has 132 valence electrons. The molecule has 1 amide bonds. The van der Waals surface area contributed by atoms with Crippen LogP contribution in [-0.2, 0) is 0 Å². The van der Waals surface area contributed by atoms with Gasteiger partial charge in [0, 0.05) is 18.6 Å². The molecule has 1 N–H and O–H groups in total. The zero-order valence-electron chi connectivity index (χ0n) is 14.0. The number of benzene rings is 1. The summed E-state index contributed by atoms with van der Waals surface area (Å²) in [6, 6.07) is 3.20. The van der Waals surface area contributed by atoms with Gasteiger partial charge in [0.05, 0.1) is 17.0 Å². The maximum atomic E-state index is 13.3. The molecule has 24 heavy (non-hydrogen) atoms. The molecule has 0 aromatic heterocycles. The fourth-order valence-electron chi connectivity index (χ4n) is 3.29. The van der Waals surface area contributed by atoms with Gasteiger partial charge >= 0.3 is 6.09 Å². The molecule has 1 heterocycles. The summed E-state index contributed by atoms with van der Waals surface area (Å²) in [5.74, 6) is -0.666. The molecule has 1 unspecified atom stereocenters. The van der Waals surface area contributed by atoms with E-state index in [9.17, 15) is 24.4 Å². The van der Waals surface area contributed by atoms with Gasteiger partial charge in [0.15, 0.2) is 0 Å². The lowest BCUT2D eigenvalue weighted by Gasteiger charge is -2.44. The lowest BCUT2D eigenvalue weighted by Crippen LogP contribution is -2.56. The van der Waals surface area contributed by atoms with Crippen molar-refractivity contribution in [1.82, 2.24) is 4.90 Å². The molecule has 7 nitrogen and oxygen atoms in total. The second-order valence-corrected chi connectivity index (χ2v) is 6.96. The fraction of sp³-hybridized carbons (Fsp3) is 0.562. The molecule has 8 heteroatoms. The second-order valence-electron chi connectivity index (χ2n) is 6.96. The van der Waals surface area contributed by atoms with Crippen LogP contribution in [0.3, 0.4) is 0 Å². The highest BCUT2D eigenvalue weighted by atomic mass is 19.1. The molecule has 0 radical (unpaired) electrons. The van der Waals surface area contributed by atoms with Gasteiger partial charge in [0.1, 0.15) is 11.5 Å². The standard InChI is InChI=1S/C16H22FN3O4/c1-16(2,3)19(15(21)22)12-5-4-8-18(10-12)13-7-6-11(17)9-14(13)20(23)24/h6-7,9,12H,4-5,8,10H2,1-3H3,(H,21,22). The van der Waals surface area contributed by atoms with Crippen molar-refractivity contribution in [2.45, 2.75) is 45.2 Å². The third-order valence-corrected chi connectivity index (χ3v) is 4.17. The molecule has 0 spiro atoms. The first kappa shape index (κ1) is 18.0. The van der Waals surface area contributed by atoms with Gasteiger partial charge in [-0.1, -0.05) is 0 Å². The summed E-state index contributed by atoms with van der Waals surface area (Å²) < 4.78 is 13.3. The summed E-state index contributed by atoms with van der Waals surface area (Å²) in [7, 11) is 0. The van der Waals surface area contributed by atoms with Crippen LogP contribution in [-0.4, -0.2) is 45.7 Å². The topological polar surface area (TPSA) is 86.9 Å². The van der Waals surface area contributed by atoms with Crippen LogP contribution in [0.2, 0.25) is 0 Å². The molecule has 2 rings (SSSR count). The number of nitrogens with zero attached hydrogens (tertiary/aromatic N) is 3. The first-order valence-electron chi connectivity index (χ1n) is 7.82. The van der Waals surface area contributed by atoms with Gasteiger partial charge in [-0.25, -0.2) is 9.18 Å². The Morgan fingerprint density at radius 1 is 1.46 bits per heavy atom. The van der Waals surface area contributed by atoms with Crippen molar-refractivity contribution in [3.8, 4) is 0 Å². The predicted molar refractivity (Wildman–Crippen MR) is 87.9 cm³/mol. The number of halogens is 1. The zero-order valence-corrected chi connectivity index (χ0v) is 14.0. The van der Waals surface area contributed by atoms with E-state index in [-0.39, 0.29) is 11.7 Å². The fourth-order valence-corrected chi connectivity index (χ4v) is 3.29. The molecule has 1 aliphatic heterocycles. The average molecular weight is 339 g/mol. The van der Waals surface area contributed by atoms with E-state index < -0.39 is 22.4 Å². The number of nitro benzene ring substituents is 1. The van der Waals surface area contributed by atoms with E-state index in [0.29, 0.717) is 31.6 Å². The van der Waals surface area contributed by atoms with Crippen LogP contribution < -0.4 is 4.90 Å². The molecule has 1 aromatic carbocycles. The number of hydrogen-bond donors (Lipinski definition) is 1. The van der Waals surface area contributed by atoms with Gasteiger partial charge in [-0.05, 0) is 45.7 Å². The molecular weight excluding hydrogens is 317 g/mol. The highest BCUT2D eigenvalue weighted by molar-refractivity contribution is 5.67. The van der Waals surface area contributed by atoms with E-state index in [0.717, 1.165) is 6.07 Å². The van der Waals surface area contributed by atoms with Crippen LogP contribution in [0, 0.1) is 15.9 Å². The highest BCUT2D eigenvalue weighted by Crippen LogP contribution is 2.33. The molecule has 0 bridgehead atoms. The van der Waals surface area contributed by atoms with Gasteiger partial charge in [-0.3, -0.25) is 15.0 Å². The van der Waals surface area contributed by atoms with Gasteiger partial charge < -0.3 is 10.0 Å². The van der Waals surface area contributed by atoms with Crippen molar-refractivity contribution in [3.05, 3.63) is 34.1 Å². The smallest absolute Gasteiger partial charge is 0.408 e. The SMILES string of the molecule is CC(C)(C)N(C(=O)O)C1CCCN(c2ccc(F)cc2[N+](=O)[O-])C1. The number of nitro groups is 1. The van der Waals surface area contributed by atoms with Crippen LogP contribution >= 0.6 is 0 Å². The molecule has 1 fully saturated rings. The van der Waals surface area contributed by atoms with Crippen molar-refractivity contribution in [2.75, 3.05) is 18.0 Å². The molecule has 1 aromatic rings. The van der Waals surface area contributed by atoms with Crippen molar-refractivity contribution < 1.29 is 19.2 Å². The quantitative estimate of drug-likeness (QED) is 0.673. The van der Waals surface area contributed by atoms with E-state index >= 15 is 0 Å². The highest BCUT2D eigenvalue weighted by Gasteiger charge is 2.36. The van der Waals surface area contributed by atoms with E-state index in [1.165, 1.54) is 17.0 Å². The summed E-state index contributed by atoms with van der Waals surface area (Å²) in [4.78, 5) is 25.4. The third kappa shape index (κ3) is 3.74. The molecule has 1 aliphatic rings. The van der Waals surface area contributed by atoms with Crippen molar-refractivity contribution in [2.24, 2.45) is 0 Å². The monoisotopic (exact) mass is 339 g/mol. The number of piperidine rings is 1. The summed E-state index contributed by atoms with van der Waals surface area (Å²) in [5.41, 5.74) is -0.549. The predicted octanol–water partition coefficient (Wildman–Crippen LogP) is 3.48. The third-order valence-electron chi connectivity index (χ3n) is 4.17. The molecule has 1 saturated heterocycles. The second kappa shape index (κ2) is 6.62. The first-order chi connectivity index (χ1) is 11.1. The van der Waals surface area contributed by atoms with E-state index in [4.69, 9.17) is 0 Å². The maximum absolute atomic E-state index is 13.3. The largest absolute Gasteiger partial charge is 0.465 e. The van der Waals surface area contributed by atoms with Crippen LogP contribution in [0.15, 0.2) is 18.2 Å². The average Bonchev–Trinajstić information content (AvgIpc) is 2.45. The molecule has 0 aliphatic carbocycles. The Balaban J connectivity index is 2.31. The van der Waals surface area contributed by atoms with Crippen LogP contribution in [0.25, 0.3) is 0 Å². The Labute approximate surface area is 139 Å². The molecule has 0 saturated carbocycles. The Bertz CT molecular complexity index is 645. The Morgan fingerprint density at radius 2 is 2.12 bits per heavy atom. The number of carbonyl (C=O) groups is 1. The minimum absolute atomic E-state index is 0.277. The summed E-state index contributed by atoms with van der Waals surface area (Å²) in [6.45, 7) is 6.37. The van der Waals surface area contributed by atoms with Crippen LogP contribution in [0.5, 0.6) is 0 Å². The van der Waals surface area contributed by atoms with Crippen LogP contribution in [0.4, 0.5) is 20.6 Å². The summed E-state index contributed by atoms with van der Waals surface area (Å²) >= 11 is 0. The number of hydrogen-bond acceptors (Lipinski definition) is 4. The van der Waals surface area contributed by atoms with Crippen molar-refractivity contribution >= 4 is 17.5 Å². The molecular formula is C16H22FN3O4. The van der Waals surface area contributed by atoms with E-state index in [2.05, 4.69) is 0 Å².